The molecule has 0 bridgehead atoms. The first kappa shape index (κ1) is 15.0. The molecule has 4 rings (SSSR count). The summed E-state index contributed by atoms with van der Waals surface area (Å²) in [6.45, 7) is 0.190. The fourth-order valence-electron chi connectivity index (χ4n) is 3.32. The predicted molar refractivity (Wildman–Crippen MR) is 96.5 cm³/mol. The molecule has 116 valence electrons. The summed E-state index contributed by atoms with van der Waals surface area (Å²) in [5.74, 6) is 3.22. The van der Waals surface area contributed by atoms with Crippen LogP contribution >= 0.6 is 11.3 Å². The van der Waals surface area contributed by atoms with Gasteiger partial charge in [-0.1, -0.05) is 18.7 Å². The lowest BCUT2D eigenvalue weighted by atomic mass is 9.42. The van der Waals surface area contributed by atoms with Crippen molar-refractivity contribution >= 4 is 39.0 Å². The van der Waals surface area contributed by atoms with Gasteiger partial charge in [0, 0.05) is 11.4 Å². The number of ether oxygens (including phenoxy) is 1. The van der Waals surface area contributed by atoms with Crippen molar-refractivity contribution < 1.29 is 4.74 Å². The van der Waals surface area contributed by atoms with Crippen molar-refractivity contribution in [2.24, 2.45) is 0 Å². The van der Waals surface area contributed by atoms with Gasteiger partial charge < -0.3 is 4.74 Å². The molecule has 1 aliphatic heterocycles. The van der Waals surface area contributed by atoms with Crippen molar-refractivity contribution in [3.63, 3.8) is 0 Å². The zero-order chi connectivity index (χ0) is 16.5. The summed E-state index contributed by atoms with van der Waals surface area (Å²) in [5, 5.41) is 20.7. The Hall–Kier alpha value is -2.57. The van der Waals surface area contributed by atoms with E-state index in [-0.39, 0.29) is 12.8 Å². The van der Waals surface area contributed by atoms with Crippen molar-refractivity contribution in [3.8, 4) is 17.8 Å². The van der Waals surface area contributed by atoms with E-state index in [0.29, 0.717) is 5.01 Å². The molecule has 0 aliphatic carbocycles. The summed E-state index contributed by atoms with van der Waals surface area (Å²) in [7, 11) is 0. The van der Waals surface area contributed by atoms with E-state index in [1.54, 1.807) is 0 Å². The van der Waals surface area contributed by atoms with Gasteiger partial charge in [-0.3, -0.25) is 0 Å². The minimum absolute atomic E-state index is 0.190. The molecule has 6 heteroatoms. The molecule has 1 fully saturated rings. The van der Waals surface area contributed by atoms with E-state index in [1.165, 1.54) is 11.3 Å². The summed E-state index contributed by atoms with van der Waals surface area (Å²) in [6.07, 6.45) is 3.93. The smallest absolute Gasteiger partial charge is 0.268 e. The number of nitrogens with zero attached hydrogens (tertiary/aromatic N) is 3. The summed E-state index contributed by atoms with van der Waals surface area (Å²) >= 11 is 1.43. The van der Waals surface area contributed by atoms with E-state index in [0.717, 1.165) is 52.2 Å². The fourth-order valence-corrected chi connectivity index (χ4v) is 4.21. The monoisotopic (exact) mass is 331 g/mol. The third-order valence-corrected chi connectivity index (χ3v) is 5.61. The molecule has 4 nitrogen and oxygen atoms in total. The van der Waals surface area contributed by atoms with Gasteiger partial charge in [0.15, 0.2) is 5.01 Å². The van der Waals surface area contributed by atoms with Crippen LogP contribution in [0.2, 0.25) is 12.6 Å². The Morgan fingerprint density at radius 3 is 2.75 bits per heavy atom. The van der Waals surface area contributed by atoms with Crippen LogP contribution in [-0.4, -0.2) is 17.8 Å². The molecule has 0 amide bonds. The van der Waals surface area contributed by atoms with Crippen LogP contribution in [0.1, 0.15) is 17.8 Å². The Kier molecular flexibility index (Phi) is 3.84. The summed E-state index contributed by atoms with van der Waals surface area (Å²) in [6, 6.07) is 12.2. The molecule has 0 saturated carbocycles. The van der Waals surface area contributed by atoms with Gasteiger partial charge in [0.25, 0.3) is 6.71 Å². The normalized spacial score (nSPS) is 15.3. The Balaban J connectivity index is 1.61. The number of thiazole rings is 1. The molecule has 2 aromatic carbocycles. The van der Waals surface area contributed by atoms with Gasteiger partial charge in [0.1, 0.15) is 11.8 Å². The van der Waals surface area contributed by atoms with E-state index in [1.807, 2.05) is 24.3 Å². The molecule has 1 aromatic heterocycles. The standard InChI is InChI=1S/C18H14BN3OS/c20-10-17-22-16-4-1-12-9-14(2-3-15(12)18(16)24-17)23-13-5-7-19(11-21)8-6-13/h1-4,9,13H,5-8H2. The predicted octanol–water partition coefficient (Wildman–Crippen LogP) is 4.42. The number of hydrogen-bond acceptors (Lipinski definition) is 5. The average molecular weight is 331 g/mol. The van der Waals surface area contributed by atoms with Crippen molar-refractivity contribution in [1.82, 2.24) is 4.98 Å². The second-order valence-corrected chi connectivity index (χ2v) is 7.15. The molecule has 2 heterocycles. The van der Waals surface area contributed by atoms with Crippen LogP contribution in [0.15, 0.2) is 30.3 Å². The van der Waals surface area contributed by atoms with Crippen LogP contribution in [0.3, 0.4) is 0 Å². The molecule has 0 radical (unpaired) electrons. The molecule has 0 N–H and O–H groups in total. The van der Waals surface area contributed by atoms with Crippen molar-refractivity contribution in [2.45, 2.75) is 31.6 Å². The summed E-state index contributed by atoms with van der Waals surface area (Å²) in [5.41, 5.74) is 0.868. The molecule has 1 aliphatic rings. The SMILES string of the molecule is N#CB1CCC(Oc2ccc3c(ccc4nc(C#N)sc43)c2)CC1. The molecule has 24 heavy (non-hydrogen) atoms. The first-order valence-electron chi connectivity index (χ1n) is 8.06. The summed E-state index contributed by atoms with van der Waals surface area (Å²) in [4.78, 5) is 4.31. The number of fused-ring (bicyclic) bond motifs is 3. The molecular formula is C18H14BN3OS. The fraction of sp³-hybridized carbons (Fsp3) is 0.278. The maximum atomic E-state index is 9.03. The first-order chi connectivity index (χ1) is 11.8. The van der Waals surface area contributed by atoms with E-state index >= 15 is 0 Å². The van der Waals surface area contributed by atoms with Crippen LogP contribution in [0.25, 0.3) is 21.0 Å². The highest BCUT2D eigenvalue weighted by atomic mass is 32.1. The van der Waals surface area contributed by atoms with E-state index in [4.69, 9.17) is 15.3 Å². The topological polar surface area (TPSA) is 69.7 Å². The van der Waals surface area contributed by atoms with E-state index < -0.39 is 0 Å². The zero-order valence-corrected chi connectivity index (χ0v) is 13.8. The highest BCUT2D eigenvalue weighted by Crippen LogP contribution is 2.33. The third-order valence-electron chi connectivity index (χ3n) is 4.60. The van der Waals surface area contributed by atoms with Crippen molar-refractivity contribution in [1.29, 1.82) is 10.5 Å². The van der Waals surface area contributed by atoms with Crippen LogP contribution in [0.4, 0.5) is 0 Å². The lowest BCUT2D eigenvalue weighted by molar-refractivity contribution is 0.188. The molecule has 0 atom stereocenters. The number of nitriles is 2. The second-order valence-electron chi connectivity index (χ2n) is 6.15. The van der Waals surface area contributed by atoms with Crippen molar-refractivity contribution in [2.75, 3.05) is 0 Å². The Morgan fingerprint density at radius 1 is 1.17 bits per heavy atom. The van der Waals surface area contributed by atoms with Crippen molar-refractivity contribution in [3.05, 3.63) is 35.3 Å². The molecule has 1 saturated heterocycles. The Labute approximate surface area is 144 Å². The number of rotatable bonds is 2. The van der Waals surface area contributed by atoms with E-state index in [2.05, 4.69) is 23.1 Å². The minimum atomic E-state index is 0.190. The van der Waals surface area contributed by atoms with E-state index in [9.17, 15) is 0 Å². The molecule has 3 aromatic rings. The minimum Gasteiger partial charge on any atom is -0.490 e. The van der Waals surface area contributed by atoms with Crippen LogP contribution in [-0.2, 0) is 0 Å². The zero-order valence-electron chi connectivity index (χ0n) is 13.0. The third kappa shape index (κ3) is 2.70. The highest BCUT2D eigenvalue weighted by Gasteiger charge is 2.25. The first-order valence-corrected chi connectivity index (χ1v) is 8.88. The summed E-state index contributed by atoms with van der Waals surface area (Å²) < 4.78 is 7.17. The Morgan fingerprint density at radius 2 is 2.00 bits per heavy atom. The second kappa shape index (κ2) is 6.15. The molecular weight excluding hydrogens is 317 g/mol. The molecule has 0 spiro atoms. The Bertz CT molecular complexity index is 993. The quantitative estimate of drug-likeness (QED) is 0.652. The molecule has 0 unspecified atom stereocenters. The van der Waals surface area contributed by atoms with Gasteiger partial charge >= 0.3 is 0 Å². The lowest BCUT2D eigenvalue weighted by Crippen LogP contribution is -2.27. The average Bonchev–Trinajstić information content (AvgIpc) is 3.06. The number of aromatic nitrogens is 1. The highest BCUT2D eigenvalue weighted by molar-refractivity contribution is 7.20. The van der Waals surface area contributed by atoms with Crippen LogP contribution < -0.4 is 4.74 Å². The lowest BCUT2D eigenvalue weighted by Gasteiger charge is -2.24. The van der Waals surface area contributed by atoms with Gasteiger partial charge in [-0.25, -0.2) is 10.2 Å². The van der Waals surface area contributed by atoms with Gasteiger partial charge in [0.2, 0.25) is 0 Å². The number of hydrogen-bond donors (Lipinski definition) is 0. The largest absolute Gasteiger partial charge is 0.490 e. The van der Waals surface area contributed by atoms with Gasteiger partial charge in [-0.05, 0) is 42.5 Å². The van der Waals surface area contributed by atoms with Gasteiger partial charge in [0.05, 0.1) is 16.3 Å². The maximum absolute atomic E-state index is 9.03. The van der Waals surface area contributed by atoms with Gasteiger partial charge in [-0.15, -0.1) is 11.3 Å². The maximum Gasteiger partial charge on any atom is 0.268 e. The van der Waals surface area contributed by atoms with Crippen LogP contribution in [0, 0.1) is 22.6 Å². The van der Waals surface area contributed by atoms with Crippen LogP contribution in [0.5, 0.6) is 5.75 Å². The number of benzene rings is 2. The van der Waals surface area contributed by atoms with Gasteiger partial charge in [-0.2, -0.15) is 5.26 Å².